The summed E-state index contributed by atoms with van der Waals surface area (Å²) in [6, 6.07) is 2.43. The zero-order valence-corrected chi connectivity index (χ0v) is 11.0. The number of H-pyrrole nitrogens is 1. The van der Waals surface area contributed by atoms with Crippen molar-refractivity contribution in [3.63, 3.8) is 0 Å². The molecule has 2 rings (SSSR count). The van der Waals surface area contributed by atoms with E-state index in [2.05, 4.69) is 22.5 Å². The summed E-state index contributed by atoms with van der Waals surface area (Å²) in [5, 5.41) is 15.4. The highest BCUT2D eigenvalue weighted by atomic mass is 16.3. The summed E-state index contributed by atoms with van der Waals surface area (Å²) in [6.45, 7) is 4.56. The third kappa shape index (κ3) is 3.57. The van der Waals surface area contributed by atoms with E-state index in [1.54, 1.807) is 0 Å². The number of piperidine rings is 1. The van der Waals surface area contributed by atoms with Crippen LogP contribution in [0.3, 0.4) is 0 Å². The summed E-state index contributed by atoms with van der Waals surface area (Å²) < 4.78 is 0. The van der Waals surface area contributed by atoms with E-state index in [9.17, 15) is 14.7 Å². The molecule has 1 aliphatic heterocycles. The van der Waals surface area contributed by atoms with Crippen LogP contribution in [0, 0.1) is 5.41 Å². The highest BCUT2D eigenvalue weighted by Crippen LogP contribution is 2.24. The summed E-state index contributed by atoms with van der Waals surface area (Å²) in [5.41, 5.74) is -0.277. The quantitative estimate of drug-likeness (QED) is 0.628. The minimum Gasteiger partial charge on any atom is -0.494 e. The summed E-state index contributed by atoms with van der Waals surface area (Å²) in [5.74, 6) is -0.642. The lowest BCUT2D eigenvalue weighted by atomic mass is 9.83. The number of carbonyl (C=O) groups excluding carboxylic acids is 1. The second-order valence-corrected chi connectivity index (χ2v) is 5.39. The van der Waals surface area contributed by atoms with E-state index in [1.807, 2.05) is 0 Å². The van der Waals surface area contributed by atoms with E-state index >= 15 is 0 Å². The predicted molar refractivity (Wildman–Crippen MR) is 71.3 cm³/mol. The first-order valence-electron chi connectivity index (χ1n) is 6.41. The van der Waals surface area contributed by atoms with Gasteiger partial charge in [0.1, 0.15) is 0 Å². The number of aromatic amines is 1. The van der Waals surface area contributed by atoms with Crippen molar-refractivity contribution in [2.24, 2.45) is 5.41 Å². The van der Waals surface area contributed by atoms with Crippen LogP contribution >= 0.6 is 0 Å². The molecule has 1 aromatic heterocycles. The summed E-state index contributed by atoms with van der Waals surface area (Å²) in [7, 11) is 0. The zero-order valence-electron chi connectivity index (χ0n) is 11.0. The van der Waals surface area contributed by atoms with Crippen molar-refractivity contribution in [3.8, 4) is 5.88 Å². The first-order valence-corrected chi connectivity index (χ1v) is 6.41. The lowest BCUT2D eigenvalue weighted by Gasteiger charge is -2.34. The number of amides is 1. The molecule has 1 atom stereocenters. The molecule has 104 valence electrons. The summed E-state index contributed by atoms with van der Waals surface area (Å²) in [6.07, 6.45) is 2.15. The third-order valence-electron chi connectivity index (χ3n) is 3.45. The molecule has 1 aromatic rings. The van der Waals surface area contributed by atoms with Crippen molar-refractivity contribution in [3.05, 3.63) is 28.0 Å². The number of hydrogen-bond acceptors (Lipinski definition) is 4. The molecule has 0 saturated carbocycles. The highest BCUT2D eigenvalue weighted by molar-refractivity contribution is 5.94. The summed E-state index contributed by atoms with van der Waals surface area (Å²) >= 11 is 0. The molecule has 0 bridgehead atoms. The van der Waals surface area contributed by atoms with Gasteiger partial charge in [0.15, 0.2) is 5.88 Å². The van der Waals surface area contributed by atoms with Gasteiger partial charge in [0.2, 0.25) is 0 Å². The fraction of sp³-hybridized carbons (Fsp3) is 0.538. The number of carbonyl (C=O) groups is 1. The Labute approximate surface area is 111 Å². The van der Waals surface area contributed by atoms with Gasteiger partial charge >= 0.3 is 0 Å². The van der Waals surface area contributed by atoms with Crippen LogP contribution in [-0.2, 0) is 0 Å². The van der Waals surface area contributed by atoms with Gasteiger partial charge in [-0.25, -0.2) is 0 Å². The maximum absolute atomic E-state index is 11.9. The Kier molecular flexibility index (Phi) is 3.90. The molecule has 6 nitrogen and oxygen atoms in total. The third-order valence-corrected chi connectivity index (χ3v) is 3.45. The average Bonchev–Trinajstić information content (AvgIpc) is 2.36. The van der Waals surface area contributed by atoms with Crippen molar-refractivity contribution < 1.29 is 9.90 Å². The highest BCUT2D eigenvalue weighted by Gasteiger charge is 2.27. The van der Waals surface area contributed by atoms with Crippen molar-refractivity contribution in [2.75, 3.05) is 19.6 Å². The molecule has 1 saturated heterocycles. The molecular formula is C13H19N3O3. The molecule has 6 heteroatoms. The molecule has 0 radical (unpaired) electrons. The van der Waals surface area contributed by atoms with Crippen molar-refractivity contribution >= 4 is 5.91 Å². The van der Waals surface area contributed by atoms with Crippen LogP contribution in [0.2, 0.25) is 0 Å². The smallest absolute Gasteiger partial charge is 0.251 e. The largest absolute Gasteiger partial charge is 0.494 e. The molecule has 0 aliphatic carbocycles. The van der Waals surface area contributed by atoms with E-state index in [0.717, 1.165) is 25.9 Å². The van der Waals surface area contributed by atoms with Crippen LogP contribution in [0.4, 0.5) is 0 Å². The monoisotopic (exact) mass is 265 g/mol. The molecule has 4 N–H and O–H groups in total. The number of rotatable bonds is 3. The Morgan fingerprint density at radius 1 is 1.53 bits per heavy atom. The van der Waals surface area contributed by atoms with Gasteiger partial charge in [-0.3, -0.25) is 14.6 Å². The number of aromatic hydroxyl groups is 1. The molecule has 1 unspecified atom stereocenters. The Morgan fingerprint density at radius 2 is 2.32 bits per heavy atom. The number of pyridine rings is 1. The normalized spacial score (nSPS) is 23.0. The molecule has 0 spiro atoms. The maximum atomic E-state index is 11.9. The molecule has 0 aromatic carbocycles. The first kappa shape index (κ1) is 13.6. The minimum absolute atomic E-state index is 0.0388. The van der Waals surface area contributed by atoms with Gasteiger partial charge in [-0.1, -0.05) is 6.92 Å². The number of aromatic nitrogens is 1. The van der Waals surface area contributed by atoms with Crippen molar-refractivity contribution in [1.29, 1.82) is 0 Å². The van der Waals surface area contributed by atoms with Gasteiger partial charge in [0.05, 0.1) is 5.56 Å². The van der Waals surface area contributed by atoms with E-state index in [4.69, 9.17) is 0 Å². The molecule has 2 heterocycles. The van der Waals surface area contributed by atoms with Gasteiger partial charge in [-0.15, -0.1) is 0 Å². The van der Waals surface area contributed by atoms with E-state index < -0.39 is 5.56 Å². The van der Waals surface area contributed by atoms with E-state index in [0.29, 0.717) is 6.54 Å². The van der Waals surface area contributed by atoms with E-state index in [1.165, 1.54) is 12.1 Å². The molecule has 1 fully saturated rings. The lowest BCUT2D eigenvalue weighted by molar-refractivity contribution is 0.0924. The Balaban J connectivity index is 1.99. The fourth-order valence-corrected chi connectivity index (χ4v) is 2.33. The van der Waals surface area contributed by atoms with E-state index in [-0.39, 0.29) is 22.8 Å². The predicted octanol–water partition coefficient (Wildman–Crippen LogP) is 0.200. The van der Waals surface area contributed by atoms with Gasteiger partial charge < -0.3 is 15.7 Å². The van der Waals surface area contributed by atoms with Gasteiger partial charge in [-0.2, -0.15) is 0 Å². The topological polar surface area (TPSA) is 94.2 Å². The van der Waals surface area contributed by atoms with Crippen LogP contribution in [0.15, 0.2) is 16.9 Å². The average molecular weight is 265 g/mol. The molecule has 1 aliphatic rings. The van der Waals surface area contributed by atoms with Crippen LogP contribution in [0.25, 0.3) is 0 Å². The van der Waals surface area contributed by atoms with Crippen LogP contribution in [-0.4, -0.2) is 35.6 Å². The van der Waals surface area contributed by atoms with Gasteiger partial charge in [-0.05, 0) is 24.8 Å². The standard InChI is InChI=1S/C13H19N3O3/c1-13(3-2-4-14-7-13)8-15-12(19)9-5-10(17)16-11(18)6-9/h5-6,14H,2-4,7-8H2,1H3,(H,15,19)(H2,16,17,18). The molecular weight excluding hydrogens is 246 g/mol. The van der Waals surface area contributed by atoms with Gasteiger partial charge in [0.25, 0.3) is 11.5 Å². The number of hydrogen-bond donors (Lipinski definition) is 4. The summed E-state index contributed by atoms with van der Waals surface area (Å²) in [4.78, 5) is 25.3. The second kappa shape index (κ2) is 5.44. The Morgan fingerprint density at radius 3 is 2.95 bits per heavy atom. The van der Waals surface area contributed by atoms with Crippen LogP contribution < -0.4 is 16.2 Å². The SMILES string of the molecule is CC1(CNC(=O)c2cc(O)[nH]c(=O)c2)CCCNC1. The van der Waals surface area contributed by atoms with Gasteiger partial charge in [0, 0.05) is 25.2 Å². The maximum Gasteiger partial charge on any atom is 0.251 e. The van der Waals surface area contributed by atoms with Crippen LogP contribution in [0.5, 0.6) is 5.88 Å². The lowest BCUT2D eigenvalue weighted by Crippen LogP contribution is -2.45. The number of nitrogens with one attached hydrogen (secondary N) is 3. The Bertz CT molecular complexity index is 518. The second-order valence-electron chi connectivity index (χ2n) is 5.39. The fourth-order valence-electron chi connectivity index (χ4n) is 2.33. The van der Waals surface area contributed by atoms with Crippen LogP contribution in [0.1, 0.15) is 30.1 Å². The minimum atomic E-state index is -0.490. The molecule has 1 amide bonds. The zero-order chi connectivity index (χ0) is 13.9. The molecule has 19 heavy (non-hydrogen) atoms. The first-order chi connectivity index (χ1) is 8.98. The Hall–Kier alpha value is -1.82. The van der Waals surface area contributed by atoms with Crippen molar-refractivity contribution in [1.82, 2.24) is 15.6 Å². The van der Waals surface area contributed by atoms with Crippen molar-refractivity contribution in [2.45, 2.75) is 19.8 Å².